The number of anilines is 1. The third-order valence-electron chi connectivity index (χ3n) is 3.22. The summed E-state index contributed by atoms with van der Waals surface area (Å²) in [4.78, 5) is 39.2. The van der Waals surface area contributed by atoms with Crippen LogP contribution < -0.4 is 5.73 Å². The first kappa shape index (κ1) is 22.6. The zero-order valence-corrected chi connectivity index (χ0v) is 16.0. The third-order valence-corrected chi connectivity index (χ3v) is 7.03. The number of ether oxygens (including phenoxy) is 1. The van der Waals surface area contributed by atoms with Gasteiger partial charge < -0.3 is 35.2 Å². The maximum atomic E-state index is 11.7. The molecule has 27 heavy (non-hydrogen) atoms. The van der Waals surface area contributed by atoms with Crippen molar-refractivity contribution in [1.82, 2.24) is 4.98 Å². The molecular formula is C10H17N2O12P3. The fourth-order valence-corrected chi connectivity index (χ4v) is 5.20. The first-order chi connectivity index (χ1) is 12.3. The van der Waals surface area contributed by atoms with Crippen molar-refractivity contribution < 1.29 is 56.3 Å². The van der Waals surface area contributed by atoms with Crippen LogP contribution in [0, 0.1) is 0 Å². The van der Waals surface area contributed by atoms with Crippen LogP contribution in [-0.4, -0.2) is 48.5 Å². The molecule has 1 saturated heterocycles. The Bertz CT molecular complexity index is 797. The van der Waals surface area contributed by atoms with Gasteiger partial charge in [0, 0.05) is 12.6 Å². The molecule has 0 bridgehead atoms. The molecule has 0 saturated carbocycles. The molecule has 1 fully saturated rings. The molecule has 1 aromatic rings. The summed E-state index contributed by atoms with van der Waals surface area (Å²) in [5, 5.41) is 9.96. The Labute approximate surface area is 152 Å². The van der Waals surface area contributed by atoms with E-state index in [4.69, 9.17) is 25.2 Å². The summed E-state index contributed by atoms with van der Waals surface area (Å²) in [5.41, 5.74) is 6.05. The molecule has 0 amide bonds. The first-order valence-electron chi connectivity index (χ1n) is 7.10. The number of hydrogen-bond donors (Lipinski definition) is 6. The maximum absolute atomic E-state index is 11.7. The van der Waals surface area contributed by atoms with E-state index in [9.17, 15) is 23.7 Å². The number of aromatic nitrogens is 1. The molecule has 154 valence electrons. The monoisotopic (exact) mass is 450 g/mol. The Hall–Kier alpha value is -0.720. The van der Waals surface area contributed by atoms with E-state index in [1.165, 1.54) is 12.3 Å². The van der Waals surface area contributed by atoms with Gasteiger partial charge in [0.2, 0.25) is 0 Å². The predicted octanol–water partition coefficient (Wildman–Crippen LogP) is 0.198. The van der Waals surface area contributed by atoms with Gasteiger partial charge in [0.15, 0.2) is 0 Å². The van der Waals surface area contributed by atoms with Crippen molar-refractivity contribution in [2.45, 2.75) is 24.7 Å². The van der Waals surface area contributed by atoms with Gasteiger partial charge in [0.05, 0.1) is 18.8 Å². The molecule has 5 atom stereocenters. The topological polar surface area (TPSA) is 228 Å². The average molecular weight is 450 g/mol. The SMILES string of the molecule is Nc1ccc([C@H]2C[C@H](O)[C@@H](COP(=O)(O)OP(=O)(O)OP(=O)(O)O)O2)cn1. The van der Waals surface area contributed by atoms with Crippen LogP contribution >= 0.6 is 23.5 Å². The van der Waals surface area contributed by atoms with E-state index in [0.717, 1.165) is 0 Å². The molecule has 1 aromatic heterocycles. The summed E-state index contributed by atoms with van der Waals surface area (Å²) < 4.78 is 50.5. The largest absolute Gasteiger partial charge is 0.490 e. The number of phosphoric ester groups is 1. The molecule has 1 aliphatic heterocycles. The van der Waals surface area contributed by atoms with Crippen molar-refractivity contribution in [3.63, 3.8) is 0 Å². The highest BCUT2D eigenvalue weighted by atomic mass is 31.3. The minimum absolute atomic E-state index is 0.107. The van der Waals surface area contributed by atoms with Gasteiger partial charge in [-0.3, -0.25) is 4.52 Å². The maximum Gasteiger partial charge on any atom is 0.490 e. The second-order valence-corrected chi connectivity index (χ2v) is 9.79. The van der Waals surface area contributed by atoms with Gasteiger partial charge in [-0.2, -0.15) is 8.62 Å². The van der Waals surface area contributed by atoms with E-state index < -0.39 is 48.4 Å². The van der Waals surface area contributed by atoms with Gasteiger partial charge in [-0.05, 0) is 11.6 Å². The van der Waals surface area contributed by atoms with Crippen LogP contribution in [0.15, 0.2) is 18.3 Å². The minimum Gasteiger partial charge on any atom is -0.390 e. The van der Waals surface area contributed by atoms with E-state index in [0.29, 0.717) is 5.56 Å². The second kappa shape index (κ2) is 8.34. The minimum atomic E-state index is -5.60. The van der Waals surface area contributed by atoms with Crippen LogP contribution in [0.3, 0.4) is 0 Å². The van der Waals surface area contributed by atoms with Gasteiger partial charge in [-0.25, -0.2) is 18.7 Å². The first-order valence-corrected chi connectivity index (χ1v) is 11.6. The van der Waals surface area contributed by atoms with E-state index in [-0.39, 0.29) is 12.2 Å². The van der Waals surface area contributed by atoms with Crippen molar-refractivity contribution in [2.24, 2.45) is 0 Å². The molecule has 0 radical (unpaired) electrons. The molecule has 0 aliphatic carbocycles. The van der Waals surface area contributed by atoms with E-state index >= 15 is 0 Å². The number of nitrogen functional groups attached to an aromatic ring is 1. The highest BCUT2D eigenvalue weighted by molar-refractivity contribution is 7.66. The zero-order chi connectivity index (χ0) is 20.5. The number of aliphatic hydroxyl groups is 1. The molecule has 0 aromatic carbocycles. The van der Waals surface area contributed by atoms with E-state index in [2.05, 4.69) is 18.1 Å². The second-order valence-electron chi connectivity index (χ2n) is 5.37. The lowest BCUT2D eigenvalue weighted by atomic mass is 10.1. The van der Waals surface area contributed by atoms with Crippen LogP contribution in [0.1, 0.15) is 18.1 Å². The molecular weight excluding hydrogens is 433 g/mol. The van der Waals surface area contributed by atoms with E-state index in [1.54, 1.807) is 6.07 Å². The number of hydrogen-bond acceptors (Lipinski definition) is 10. The molecule has 2 unspecified atom stereocenters. The fourth-order valence-electron chi connectivity index (χ4n) is 2.17. The normalized spacial score (nSPS) is 27.8. The van der Waals surface area contributed by atoms with E-state index in [1.807, 2.05) is 0 Å². The smallest absolute Gasteiger partial charge is 0.390 e. The Morgan fingerprint density at radius 2 is 1.81 bits per heavy atom. The van der Waals surface area contributed by atoms with Crippen molar-refractivity contribution in [3.05, 3.63) is 23.9 Å². The summed E-state index contributed by atoms with van der Waals surface area (Å²) >= 11 is 0. The highest BCUT2D eigenvalue weighted by Crippen LogP contribution is 2.66. The van der Waals surface area contributed by atoms with Crippen molar-refractivity contribution in [1.29, 1.82) is 0 Å². The van der Waals surface area contributed by atoms with Gasteiger partial charge in [-0.15, -0.1) is 0 Å². The molecule has 14 nitrogen and oxygen atoms in total. The van der Waals surface area contributed by atoms with Gasteiger partial charge in [0.25, 0.3) is 0 Å². The van der Waals surface area contributed by atoms with Crippen LogP contribution in [0.5, 0.6) is 0 Å². The molecule has 2 rings (SSSR count). The summed E-state index contributed by atoms with van der Waals surface area (Å²) in [7, 11) is -16.4. The summed E-state index contributed by atoms with van der Waals surface area (Å²) in [6, 6.07) is 3.13. The molecule has 17 heteroatoms. The third kappa shape index (κ3) is 7.31. The summed E-state index contributed by atoms with van der Waals surface area (Å²) in [5.74, 6) is 0.279. The molecule has 0 spiro atoms. The Morgan fingerprint density at radius 1 is 1.15 bits per heavy atom. The number of phosphoric acid groups is 3. The predicted molar refractivity (Wildman–Crippen MR) is 86.7 cm³/mol. The van der Waals surface area contributed by atoms with Gasteiger partial charge in [0.1, 0.15) is 11.9 Å². The van der Waals surface area contributed by atoms with Crippen LogP contribution in [0.2, 0.25) is 0 Å². The Morgan fingerprint density at radius 3 is 2.37 bits per heavy atom. The Kier molecular flexibility index (Phi) is 6.97. The zero-order valence-electron chi connectivity index (χ0n) is 13.3. The van der Waals surface area contributed by atoms with Gasteiger partial charge >= 0.3 is 23.5 Å². The number of rotatable bonds is 8. The number of nitrogens with two attached hydrogens (primary N) is 1. The quantitative estimate of drug-likeness (QED) is 0.291. The van der Waals surface area contributed by atoms with Crippen molar-refractivity contribution in [3.8, 4) is 0 Å². The highest BCUT2D eigenvalue weighted by Gasteiger charge is 2.42. The van der Waals surface area contributed by atoms with Crippen molar-refractivity contribution >= 4 is 29.3 Å². The van der Waals surface area contributed by atoms with Gasteiger partial charge in [-0.1, -0.05) is 6.07 Å². The molecule has 7 N–H and O–H groups in total. The number of pyridine rings is 1. The average Bonchev–Trinajstić information content (AvgIpc) is 2.83. The Balaban J connectivity index is 1.93. The number of aliphatic hydroxyl groups excluding tert-OH is 1. The summed E-state index contributed by atoms with van der Waals surface area (Å²) in [6.45, 7) is -0.732. The van der Waals surface area contributed by atoms with Crippen LogP contribution in [0.4, 0.5) is 5.82 Å². The number of nitrogens with zero attached hydrogens (tertiary/aromatic N) is 1. The van der Waals surface area contributed by atoms with Crippen LogP contribution in [-0.2, 0) is 31.6 Å². The lowest BCUT2D eigenvalue weighted by molar-refractivity contribution is -0.0221. The van der Waals surface area contributed by atoms with Crippen LogP contribution in [0.25, 0.3) is 0 Å². The van der Waals surface area contributed by atoms with Crippen molar-refractivity contribution in [2.75, 3.05) is 12.3 Å². The summed E-state index contributed by atoms with van der Waals surface area (Å²) in [6.07, 6.45) is -1.28. The molecule has 2 heterocycles. The lowest BCUT2D eigenvalue weighted by Gasteiger charge is -2.19. The molecule has 1 aliphatic rings. The standard InChI is InChI=1S/C10H17N2O12P3/c11-10-2-1-6(4-12-10)8-3-7(13)9(22-8)5-21-26(17,18)24-27(19,20)23-25(14,15)16/h1-2,4,7-9,13H,3,5H2,(H2,11,12)(H,17,18)(H,19,20)(H2,14,15,16)/t7-,8+,9+/m0/s1. The lowest BCUT2D eigenvalue weighted by Crippen LogP contribution is -2.26. The fraction of sp³-hybridized carbons (Fsp3) is 0.500.